The lowest BCUT2D eigenvalue weighted by atomic mass is 10.00. The molecule has 0 bridgehead atoms. The van der Waals surface area contributed by atoms with Crippen LogP contribution in [0.3, 0.4) is 0 Å². The van der Waals surface area contributed by atoms with Crippen LogP contribution in [0, 0.1) is 5.92 Å². The number of furan rings is 1. The largest absolute Gasteiger partial charge is 0.494 e. The van der Waals surface area contributed by atoms with Crippen LogP contribution in [0.5, 0.6) is 5.75 Å². The summed E-state index contributed by atoms with van der Waals surface area (Å²) in [6.45, 7) is 9.15. The molecule has 0 saturated carbocycles. The molecule has 1 unspecified atom stereocenters. The SMILES string of the molecule is CCOc1ccc(NC(=O)C(C)Sc2nnc(N3CCC(C)CC3)n2Cc2ccco2)cc1. The van der Waals surface area contributed by atoms with Gasteiger partial charge in [-0.25, -0.2) is 0 Å². The number of carbonyl (C=O) groups excluding carboxylic acids is 1. The molecule has 3 heterocycles. The van der Waals surface area contributed by atoms with E-state index in [1.165, 1.54) is 11.8 Å². The van der Waals surface area contributed by atoms with Crippen LogP contribution in [0.2, 0.25) is 0 Å². The van der Waals surface area contributed by atoms with Crippen molar-refractivity contribution in [3.05, 3.63) is 48.4 Å². The number of amides is 1. The maximum absolute atomic E-state index is 12.9. The second-order valence-corrected chi connectivity index (χ2v) is 9.63. The highest BCUT2D eigenvalue weighted by Crippen LogP contribution is 2.29. The van der Waals surface area contributed by atoms with Gasteiger partial charge in [-0.1, -0.05) is 18.7 Å². The van der Waals surface area contributed by atoms with Crippen molar-refractivity contribution >= 4 is 29.3 Å². The highest BCUT2D eigenvalue weighted by atomic mass is 32.2. The van der Waals surface area contributed by atoms with Gasteiger partial charge in [-0.05, 0) is 69.0 Å². The smallest absolute Gasteiger partial charge is 0.237 e. The Labute approximate surface area is 198 Å². The van der Waals surface area contributed by atoms with Crippen LogP contribution in [0.15, 0.2) is 52.2 Å². The number of hydrogen-bond acceptors (Lipinski definition) is 7. The van der Waals surface area contributed by atoms with Gasteiger partial charge < -0.3 is 19.4 Å². The van der Waals surface area contributed by atoms with Crippen molar-refractivity contribution in [2.75, 3.05) is 29.9 Å². The normalized spacial score (nSPS) is 15.4. The Bertz CT molecular complexity index is 1030. The average Bonchev–Trinajstić information content (AvgIpc) is 3.47. The summed E-state index contributed by atoms with van der Waals surface area (Å²) in [6, 6.07) is 11.2. The number of benzene rings is 1. The van der Waals surface area contributed by atoms with E-state index in [1.54, 1.807) is 6.26 Å². The van der Waals surface area contributed by atoms with Gasteiger partial charge >= 0.3 is 0 Å². The molecule has 0 aliphatic carbocycles. The van der Waals surface area contributed by atoms with Gasteiger partial charge in [0.2, 0.25) is 11.9 Å². The highest BCUT2D eigenvalue weighted by molar-refractivity contribution is 8.00. The third kappa shape index (κ3) is 5.90. The Morgan fingerprint density at radius 2 is 2.00 bits per heavy atom. The van der Waals surface area contributed by atoms with E-state index in [0.717, 1.165) is 55.0 Å². The summed E-state index contributed by atoms with van der Waals surface area (Å²) < 4.78 is 13.1. The van der Waals surface area contributed by atoms with Crippen LogP contribution in [-0.2, 0) is 11.3 Å². The van der Waals surface area contributed by atoms with Crippen LogP contribution in [0.25, 0.3) is 0 Å². The predicted octanol–water partition coefficient (Wildman–Crippen LogP) is 4.67. The first-order chi connectivity index (χ1) is 16.0. The average molecular weight is 470 g/mol. The molecule has 1 aliphatic heterocycles. The van der Waals surface area contributed by atoms with Crippen molar-refractivity contribution in [3.8, 4) is 5.75 Å². The third-order valence-electron chi connectivity index (χ3n) is 5.74. The quantitative estimate of drug-likeness (QED) is 0.456. The first kappa shape index (κ1) is 23.2. The molecule has 9 heteroatoms. The fraction of sp³-hybridized carbons (Fsp3) is 0.458. The molecule has 0 radical (unpaired) electrons. The van der Waals surface area contributed by atoms with Gasteiger partial charge in [-0.2, -0.15) is 0 Å². The fourth-order valence-corrected chi connectivity index (χ4v) is 4.61. The van der Waals surface area contributed by atoms with E-state index in [1.807, 2.05) is 50.2 Å². The van der Waals surface area contributed by atoms with Gasteiger partial charge in [0.15, 0.2) is 5.16 Å². The molecule has 33 heavy (non-hydrogen) atoms. The van der Waals surface area contributed by atoms with Crippen molar-refractivity contribution in [1.29, 1.82) is 0 Å². The summed E-state index contributed by atoms with van der Waals surface area (Å²) in [4.78, 5) is 15.1. The fourth-order valence-electron chi connectivity index (χ4n) is 3.76. The molecule has 1 amide bonds. The zero-order valence-corrected chi connectivity index (χ0v) is 20.2. The number of ether oxygens (including phenoxy) is 1. The van der Waals surface area contributed by atoms with E-state index in [9.17, 15) is 4.79 Å². The maximum Gasteiger partial charge on any atom is 0.237 e. The number of nitrogens with one attached hydrogen (secondary N) is 1. The van der Waals surface area contributed by atoms with E-state index in [4.69, 9.17) is 9.15 Å². The Balaban J connectivity index is 1.47. The monoisotopic (exact) mass is 469 g/mol. The number of thioether (sulfide) groups is 1. The summed E-state index contributed by atoms with van der Waals surface area (Å²) in [5.41, 5.74) is 0.732. The molecule has 176 valence electrons. The van der Waals surface area contributed by atoms with Crippen molar-refractivity contribution in [1.82, 2.24) is 14.8 Å². The summed E-state index contributed by atoms with van der Waals surface area (Å²) in [6.07, 6.45) is 3.94. The van der Waals surface area contributed by atoms with E-state index >= 15 is 0 Å². The van der Waals surface area contributed by atoms with Crippen molar-refractivity contribution in [3.63, 3.8) is 0 Å². The molecule has 0 spiro atoms. The standard InChI is InChI=1S/C24H31N5O3S/c1-4-31-20-9-7-19(8-10-20)25-22(30)18(3)33-24-27-26-23(28-13-11-17(2)12-14-28)29(24)16-21-6-5-15-32-21/h5-10,15,17-18H,4,11-14,16H2,1-3H3,(H,25,30). The van der Waals surface area contributed by atoms with E-state index in [0.29, 0.717) is 18.3 Å². The molecule has 1 aromatic carbocycles. The summed E-state index contributed by atoms with van der Waals surface area (Å²) in [5.74, 6) is 3.08. The summed E-state index contributed by atoms with van der Waals surface area (Å²) >= 11 is 1.40. The molecular formula is C24H31N5O3S. The molecule has 2 aromatic heterocycles. The maximum atomic E-state index is 12.9. The molecule has 1 aliphatic rings. The first-order valence-corrected chi connectivity index (χ1v) is 12.3. The van der Waals surface area contributed by atoms with Crippen LogP contribution < -0.4 is 15.0 Å². The topological polar surface area (TPSA) is 85.4 Å². The van der Waals surface area contributed by atoms with E-state index < -0.39 is 0 Å². The van der Waals surface area contributed by atoms with Gasteiger partial charge in [0.25, 0.3) is 0 Å². The minimum atomic E-state index is -0.356. The lowest BCUT2D eigenvalue weighted by Crippen LogP contribution is -2.35. The van der Waals surface area contributed by atoms with E-state index in [-0.39, 0.29) is 11.2 Å². The van der Waals surface area contributed by atoms with E-state index in [2.05, 4.69) is 31.9 Å². The highest BCUT2D eigenvalue weighted by Gasteiger charge is 2.25. The summed E-state index contributed by atoms with van der Waals surface area (Å²) in [5, 5.41) is 12.3. The van der Waals surface area contributed by atoms with Crippen LogP contribution in [-0.4, -0.2) is 45.6 Å². The lowest BCUT2D eigenvalue weighted by Gasteiger charge is -2.31. The Morgan fingerprint density at radius 1 is 1.24 bits per heavy atom. The number of nitrogens with zero attached hydrogens (tertiary/aromatic N) is 4. The zero-order valence-electron chi connectivity index (χ0n) is 19.4. The molecule has 1 saturated heterocycles. The predicted molar refractivity (Wildman–Crippen MR) is 130 cm³/mol. The zero-order chi connectivity index (χ0) is 23.2. The molecular weight excluding hydrogens is 438 g/mol. The van der Waals surface area contributed by atoms with Crippen molar-refractivity contribution < 1.29 is 13.9 Å². The van der Waals surface area contributed by atoms with Crippen LogP contribution in [0.4, 0.5) is 11.6 Å². The van der Waals surface area contributed by atoms with Crippen LogP contribution in [0.1, 0.15) is 39.4 Å². The number of hydrogen-bond donors (Lipinski definition) is 1. The second kappa shape index (κ2) is 10.8. The minimum Gasteiger partial charge on any atom is -0.494 e. The summed E-state index contributed by atoms with van der Waals surface area (Å²) in [7, 11) is 0. The number of rotatable bonds is 9. The number of carbonyl (C=O) groups is 1. The van der Waals surface area contributed by atoms with Crippen LogP contribution >= 0.6 is 11.8 Å². The second-order valence-electron chi connectivity index (χ2n) is 8.32. The Kier molecular flexibility index (Phi) is 7.59. The molecule has 3 aromatic rings. The molecule has 1 fully saturated rings. The first-order valence-electron chi connectivity index (χ1n) is 11.4. The molecule has 8 nitrogen and oxygen atoms in total. The van der Waals surface area contributed by atoms with Gasteiger partial charge in [0.1, 0.15) is 11.5 Å². The van der Waals surface area contributed by atoms with Crippen molar-refractivity contribution in [2.24, 2.45) is 5.92 Å². The number of anilines is 2. The molecule has 4 rings (SSSR count). The van der Waals surface area contributed by atoms with Crippen molar-refractivity contribution in [2.45, 2.75) is 50.6 Å². The number of aromatic nitrogens is 3. The Morgan fingerprint density at radius 3 is 2.67 bits per heavy atom. The minimum absolute atomic E-state index is 0.0925. The Hall–Kier alpha value is -2.94. The molecule has 1 atom stereocenters. The van der Waals surface area contributed by atoms with Gasteiger partial charge in [-0.3, -0.25) is 9.36 Å². The lowest BCUT2D eigenvalue weighted by molar-refractivity contribution is -0.115. The number of piperidine rings is 1. The van der Waals surface area contributed by atoms with Gasteiger partial charge in [0.05, 0.1) is 24.7 Å². The van der Waals surface area contributed by atoms with Gasteiger partial charge in [-0.15, -0.1) is 10.2 Å². The molecule has 1 N–H and O–H groups in total. The third-order valence-corrected chi connectivity index (χ3v) is 6.82. The van der Waals surface area contributed by atoms with Gasteiger partial charge in [0, 0.05) is 18.8 Å².